The molecule has 19 heavy (non-hydrogen) atoms. The van der Waals surface area contributed by atoms with Crippen LogP contribution in [0.1, 0.15) is 33.6 Å². The van der Waals surface area contributed by atoms with Crippen LogP contribution < -0.4 is 5.32 Å². The summed E-state index contributed by atoms with van der Waals surface area (Å²) in [5.41, 5.74) is 0. The molecular weight excluding hydrogens is 240 g/mol. The molecule has 0 aromatic rings. The van der Waals surface area contributed by atoms with E-state index in [4.69, 9.17) is 9.47 Å². The van der Waals surface area contributed by atoms with Gasteiger partial charge in [0.25, 0.3) is 0 Å². The average Bonchev–Trinajstić information content (AvgIpc) is 2.37. The Morgan fingerprint density at radius 3 is 2.95 bits per heavy atom. The predicted octanol–water partition coefficient (Wildman–Crippen LogP) is 1.75. The molecule has 1 N–H and O–H groups in total. The molecule has 1 fully saturated rings. The van der Waals surface area contributed by atoms with Crippen LogP contribution in [0, 0.1) is 5.92 Å². The molecule has 4 nitrogen and oxygen atoms in total. The van der Waals surface area contributed by atoms with Gasteiger partial charge < -0.3 is 14.8 Å². The van der Waals surface area contributed by atoms with Crippen LogP contribution in [0.4, 0.5) is 0 Å². The molecule has 1 unspecified atom stereocenters. The first-order valence-corrected chi connectivity index (χ1v) is 7.84. The number of hydrogen-bond donors (Lipinski definition) is 1. The van der Waals surface area contributed by atoms with Crippen molar-refractivity contribution in [1.82, 2.24) is 10.2 Å². The number of hydrogen-bond acceptors (Lipinski definition) is 4. The van der Waals surface area contributed by atoms with E-state index in [0.717, 1.165) is 58.3 Å². The molecule has 1 rings (SSSR count). The maximum atomic E-state index is 5.75. The summed E-state index contributed by atoms with van der Waals surface area (Å²) in [6.45, 7) is 14.6. The standard InChI is InChI=1S/C15H32N2O2/c1-4-6-16-7-5-9-18-13-15-12-17(8-10-19-15)11-14(2)3/h14-16H,4-13H2,1-3H3. The Morgan fingerprint density at radius 2 is 2.21 bits per heavy atom. The number of rotatable bonds is 10. The van der Waals surface area contributed by atoms with Crippen molar-refractivity contribution >= 4 is 0 Å². The largest absolute Gasteiger partial charge is 0.379 e. The molecular formula is C15H32N2O2. The third-order valence-corrected chi connectivity index (χ3v) is 3.22. The molecule has 0 saturated carbocycles. The molecule has 0 spiro atoms. The number of nitrogens with zero attached hydrogens (tertiary/aromatic N) is 1. The lowest BCUT2D eigenvalue weighted by Gasteiger charge is -2.33. The Hall–Kier alpha value is -0.160. The van der Waals surface area contributed by atoms with Crippen LogP contribution in [0.15, 0.2) is 0 Å². The van der Waals surface area contributed by atoms with Crippen LogP contribution in [0.5, 0.6) is 0 Å². The Morgan fingerprint density at radius 1 is 1.37 bits per heavy atom. The van der Waals surface area contributed by atoms with E-state index in [1.54, 1.807) is 0 Å². The van der Waals surface area contributed by atoms with E-state index in [0.29, 0.717) is 0 Å². The third kappa shape index (κ3) is 8.58. The van der Waals surface area contributed by atoms with Gasteiger partial charge in [0.1, 0.15) is 0 Å². The lowest BCUT2D eigenvalue weighted by Crippen LogP contribution is -2.45. The van der Waals surface area contributed by atoms with E-state index in [1.165, 1.54) is 13.0 Å². The van der Waals surface area contributed by atoms with E-state index in [2.05, 4.69) is 31.0 Å². The van der Waals surface area contributed by atoms with Crippen LogP contribution in [-0.2, 0) is 9.47 Å². The van der Waals surface area contributed by atoms with Crippen molar-refractivity contribution in [3.8, 4) is 0 Å². The van der Waals surface area contributed by atoms with Crippen LogP contribution in [-0.4, -0.2) is 63.5 Å². The normalized spacial score (nSPS) is 21.2. The van der Waals surface area contributed by atoms with E-state index in [-0.39, 0.29) is 6.10 Å². The summed E-state index contributed by atoms with van der Waals surface area (Å²) < 4.78 is 11.5. The molecule has 0 aromatic carbocycles. The van der Waals surface area contributed by atoms with Gasteiger partial charge in [0, 0.05) is 26.2 Å². The third-order valence-electron chi connectivity index (χ3n) is 3.22. The van der Waals surface area contributed by atoms with Crippen LogP contribution in [0.3, 0.4) is 0 Å². The zero-order valence-corrected chi connectivity index (χ0v) is 13.0. The molecule has 0 aliphatic carbocycles. The smallest absolute Gasteiger partial charge is 0.0935 e. The number of ether oxygens (including phenoxy) is 2. The summed E-state index contributed by atoms with van der Waals surface area (Å²) in [5, 5.41) is 3.38. The molecule has 1 saturated heterocycles. The van der Waals surface area contributed by atoms with Crippen LogP contribution in [0.2, 0.25) is 0 Å². The molecule has 114 valence electrons. The molecule has 0 bridgehead atoms. The van der Waals surface area contributed by atoms with Crippen LogP contribution in [0.25, 0.3) is 0 Å². The highest BCUT2D eigenvalue weighted by molar-refractivity contribution is 4.72. The molecule has 1 heterocycles. The Balaban J connectivity index is 1.99. The van der Waals surface area contributed by atoms with E-state index >= 15 is 0 Å². The van der Waals surface area contributed by atoms with Crippen LogP contribution >= 0.6 is 0 Å². The molecule has 1 aliphatic rings. The van der Waals surface area contributed by atoms with Gasteiger partial charge in [-0.2, -0.15) is 0 Å². The Kier molecular flexibility index (Phi) is 9.43. The van der Waals surface area contributed by atoms with E-state index < -0.39 is 0 Å². The lowest BCUT2D eigenvalue weighted by molar-refractivity contribution is -0.0711. The van der Waals surface area contributed by atoms with Crippen molar-refractivity contribution in [3.63, 3.8) is 0 Å². The summed E-state index contributed by atoms with van der Waals surface area (Å²) in [5.74, 6) is 0.726. The lowest BCUT2D eigenvalue weighted by atomic mass is 10.2. The van der Waals surface area contributed by atoms with Gasteiger partial charge in [-0.25, -0.2) is 0 Å². The van der Waals surface area contributed by atoms with Gasteiger partial charge >= 0.3 is 0 Å². The van der Waals surface area contributed by atoms with Gasteiger partial charge in [0.05, 0.1) is 19.3 Å². The fraction of sp³-hybridized carbons (Fsp3) is 1.00. The first kappa shape index (κ1) is 16.9. The van der Waals surface area contributed by atoms with Crippen molar-refractivity contribution in [2.75, 3.05) is 52.5 Å². The molecule has 4 heteroatoms. The molecule has 0 aromatic heterocycles. The Labute approximate surface area is 118 Å². The second-order valence-electron chi connectivity index (χ2n) is 5.82. The minimum atomic E-state index is 0.260. The monoisotopic (exact) mass is 272 g/mol. The topological polar surface area (TPSA) is 33.7 Å². The highest BCUT2D eigenvalue weighted by atomic mass is 16.5. The van der Waals surface area contributed by atoms with Gasteiger partial charge in [-0.1, -0.05) is 20.8 Å². The number of morpholine rings is 1. The van der Waals surface area contributed by atoms with Crippen molar-refractivity contribution in [2.45, 2.75) is 39.7 Å². The highest BCUT2D eigenvalue weighted by Crippen LogP contribution is 2.08. The molecule has 0 radical (unpaired) electrons. The maximum absolute atomic E-state index is 5.75. The fourth-order valence-corrected chi connectivity index (χ4v) is 2.38. The van der Waals surface area contributed by atoms with Gasteiger partial charge in [-0.15, -0.1) is 0 Å². The average molecular weight is 272 g/mol. The van der Waals surface area contributed by atoms with Crippen molar-refractivity contribution in [3.05, 3.63) is 0 Å². The zero-order chi connectivity index (χ0) is 13.9. The van der Waals surface area contributed by atoms with Crippen molar-refractivity contribution in [1.29, 1.82) is 0 Å². The van der Waals surface area contributed by atoms with Gasteiger partial charge in [0.2, 0.25) is 0 Å². The van der Waals surface area contributed by atoms with Gasteiger partial charge in [-0.3, -0.25) is 4.90 Å². The van der Waals surface area contributed by atoms with E-state index in [1.807, 2.05) is 0 Å². The van der Waals surface area contributed by atoms with Crippen molar-refractivity contribution in [2.24, 2.45) is 5.92 Å². The van der Waals surface area contributed by atoms with E-state index in [9.17, 15) is 0 Å². The minimum absolute atomic E-state index is 0.260. The maximum Gasteiger partial charge on any atom is 0.0935 e. The predicted molar refractivity (Wildman–Crippen MR) is 79.6 cm³/mol. The van der Waals surface area contributed by atoms with Gasteiger partial charge in [0.15, 0.2) is 0 Å². The summed E-state index contributed by atoms with van der Waals surface area (Å²) in [6, 6.07) is 0. The highest BCUT2D eigenvalue weighted by Gasteiger charge is 2.20. The molecule has 0 amide bonds. The quantitative estimate of drug-likeness (QED) is 0.614. The first-order valence-electron chi connectivity index (χ1n) is 7.84. The zero-order valence-electron chi connectivity index (χ0n) is 13.0. The molecule has 1 aliphatic heterocycles. The Bertz CT molecular complexity index is 212. The second-order valence-corrected chi connectivity index (χ2v) is 5.82. The molecule has 1 atom stereocenters. The van der Waals surface area contributed by atoms with Crippen molar-refractivity contribution < 1.29 is 9.47 Å². The SMILES string of the molecule is CCCNCCCOCC1CN(CC(C)C)CCO1. The number of nitrogens with one attached hydrogen (secondary N) is 1. The summed E-state index contributed by atoms with van der Waals surface area (Å²) in [6.07, 6.45) is 2.54. The summed E-state index contributed by atoms with van der Waals surface area (Å²) in [7, 11) is 0. The fourth-order valence-electron chi connectivity index (χ4n) is 2.38. The first-order chi connectivity index (χ1) is 9.22. The summed E-state index contributed by atoms with van der Waals surface area (Å²) in [4.78, 5) is 2.49. The second kappa shape index (κ2) is 10.6. The van der Waals surface area contributed by atoms with Gasteiger partial charge in [-0.05, 0) is 31.8 Å². The summed E-state index contributed by atoms with van der Waals surface area (Å²) >= 11 is 0. The minimum Gasteiger partial charge on any atom is -0.379 e.